The third-order valence-electron chi connectivity index (χ3n) is 3.24. The summed E-state index contributed by atoms with van der Waals surface area (Å²) in [7, 11) is 0. The smallest absolute Gasteiger partial charge is 0.270 e. The average Bonchev–Trinajstić information content (AvgIpc) is 2.61. The third kappa shape index (κ3) is 6.99. The van der Waals surface area contributed by atoms with E-state index < -0.39 is 4.92 Å². The zero-order chi connectivity index (χ0) is 18.1. The quantitative estimate of drug-likeness (QED) is 0.322. The van der Waals surface area contributed by atoms with E-state index in [2.05, 4.69) is 5.32 Å². The molecule has 0 heterocycles. The molecule has 0 fully saturated rings. The minimum absolute atomic E-state index is 0.00107. The molecule has 25 heavy (non-hydrogen) atoms. The van der Waals surface area contributed by atoms with Crippen LogP contribution in [-0.4, -0.2) is 23.1 Å². The number of nitro groups is 1. The summed E-state index contributed by atoms with van der Waals surface area (Å²) in [6.07, 6.45) is 2.94. The van der Waals surface area contributed by atoms with Crippen LogP contribution in [0, 0.1) is 10.1 Å². The maximum absolute atomic E-state index is 11.8. The van der Waals surface area contributed by atoms with Gasteiger partial charge >= 0.3 is 0 Å². The highest BCUT2D eigenvalue weighted by Gasteiger charge is 2.04. The van der Waals surface area contributed by atoms with E-state index in [1.54, 1.807) is 30.0 Å². The molecule has 0 atom stereocenters. The summed E-state index contributed by atoms with van der Waals surface area (Å²) in [5.41, 5.74) is 1.80. The number of non-ortho nitro benzene ring substituents is 1. The van der Waals surface area contributed by atoms with Gasteiger partial charge in [-0.1, -0.05) is 35.9 Å². The van der Waals surface area contributed by atoms with Crippen LogP contribution in [0.15, 0.2) is 54.6 Å². The number of rotatable bonds is 8. The van der Waals surface area contributed by atoms with Crippen molar-refractivity contribution < 1.29 is 9.72 Å². The van der Waals surface area contributed by atoms with Crippen LogP contribution in [-0.2, 0) is 10.5 Å². The van der Waals surface area contributed by atoms with Crippen LogP contribution in [0.2, 0.25) is 5.02 Å². The van der Waals surface area contributed by atoms with Crippen LogP contribution < -0.4 is 5.32 Å². The van der Waals surface area contributed by atoms with Gasteiger partial charge < -0.3 is 5.32 Å². The van der Waals surface area contributed by atoms with Gasteiger partial charge in [-0.05, 0) is 29.3 Å². The zero-order valence-electron chi connectivity index (χ0n) is 13.4. The van der Waals surface area contributed by atoms with Crippen molar-refractivity contribution in [2.45, 2.75) is 5.75 Å². The molecule has 0 aliphatic rings. The molecule has 0 aliphatic carbocycles. The van der Waals surface area contributed by atoms with Gasteiger partial charge in [0.2, 0.25) is 5.91 Å². The molecule has 0 saturated heterocycles. The van der Waals surface area contributed by atoms with Crippen molar-refractivity contribution in [3.8, 4) is 0 Å². The minimum Gasteiger partial charge on any atom is -0.352 e. The lowest BCUT2D eigenvalue weighted by atomic mass is 10.2. The average molecular weight is 377 g/mol. The molecule has 2 aromatic carbocycles. The van der Waals surface area contributed by atoms with Crippen molar-refractivity contribution in [1.29, 1.82) is 0 Å². The van der Waals surface area contributed by atoms with E-state index in [1.165, 1.54) is 23.8 Å². The van der Waals surface area contributed by atoms with E-state index >= 15 is 0 Å². The second-order valence-electron chi connectivity index (χ2n) is 5.16. The van der Waals surface area contributed by atoms with E-state index in [4.69, 9.17) is 11.6 Å². The predicted molar refractivity (Wildman–Crippen MR) is 103 cm³/mol. The molecule has 2 rings (SSSR count). The highest BCUT2D eigenvalue weighted by atomic mass is 35.5. The topological polar surface area (TPSA) is 72.2 Å². The maximum atomic E-state index is 11.8. The summed E-state index contributed by atoms with van der Waals surface area (Å²) in [5, 5.41) is 14.2. The molecule has 2 aromatic rings. The van der Waals surface area contributed by atoms with Gasteiger partial charge in [0, 0.05) is 41.3 Å². The summed E-state index contributed by atoms with van der Waals surface area (Å²) < 4.78 is 0. The molecular weight excluding hydrogens is 360 g/mol. The molecule has 0 bridgehead atoms. The molecule has 5 nitrogen and oxygen atoms in total. The highest BCUT2D eigenvalue weighted by Crippen LogP contribution is 2.15. The Bertz CT molecular complexity index is 763. The fourth-order valence-electron chi connectivity index (χ4n) is 1.99. The normalized spacial score (nSPS) is 10.8. The standard InChI is InChI=1S/C18H17ClN2O3S/c19-16-7-4-15(5-8-16)13-25-11-10-20-18(22)9-6-14-2-1-3-17(12-14)21(23)24/h1-9,12H,10-11,13H2,(H,20,22)/b9-6+. The Kier molecular flexibility index (Phi) is 7.50. The van der Waals surface area contributed by atoms with Crippen LogP contribution in [0.25, 0.3) is 6.08 Å². The van der Waals surface area contributed by atoms with Gasteiger partial charge in [-0.2, -0.15) is 11.8 Å². The van der Waals surface area contributed by atoms with Gasteiger partial charge in [-0.25, -0.2) is 0 Å². The first-order valence-corrected chi connectivity index (χ1v) is 9.10. The van der Waals surface area contributed by atoms with Crippen molar-refractivity contribution in [2.24, 2.45) is 0 Å². The van der Waals surface area contributed by atoms with Gasteiger partial charge in [-0.15, -0.1) is 0 Å². The molecule has 0 aliphatic heterocycles. The Balaban J connectivity index is 1.69. The number of amides is 1. The molecule has 1 amide bonds. The number of nitro benzene ring substituents is 1. The van der Waals surface area contributed by atoms with Gasteiger partial charge in [-0.3, -0.25) is 14.9 Å². The number of thioether (sulfide) groups is 1. The zero-order valence-corrected chi connectivity index (χ0v) is 14.9. The molecule has 130 valence electrons. The lowest BCUT2D eigenvalue weighted by Gasteiger charge is -2.03. The van der Waals surface area contributed by atoms with Crippen molar-refractivity contribution in [1.82, 2.24) is 5.32 Å². The number of hydrogen-bond donors (Lipinski definition) is 1. The number of hydrogen-bond acceptors (Lipinski definition) is 4. The first-order valence-electron chi connectivity index (χ1n) is 7.57. The second kappa shape index (κ2) is 9.86. The van der Waals surface area contributed by atoms with Crippen LogP contribution in [0.4, 0.5) is 5.69 Å². The van der Waals surface area contributed by atoms with E-state index in [0.29, 0.717) is 12.1 Å². The van der Waals surface area contributed by atoms with Gasteiger partial charge in [0.1, 0.15) is 0 Å². The van der Waals surface area contributed by atoms with Crippen LogP contribution in [0.5, 0.6) is 0 Å². The first-order chi connectivity index (χ1) is 12.0. The van der Waals surface area contributed by atoms with E-state index in [1.807, 2.05) is 24.3 Å². The van der Waals surface area contributed by atoms with Crippen molar-refractivity contribution >= 4 is 41.0 Å². The van der Waals surface area contributed by atoms with Crippen molar-refractivity contribution in [2.75, 3.05) is 12.3 Å². The van der Waals surface area contributed by atoms with E-state index in [0.717, 1.165) is 16.5 Å². The van der Waals surface area contributed by atoms with Crippen LogP contribution in [0.1, 0.15) is 11.1 Å². The molecular formula is C18H17ClN2O3S. The summed E-state index contributed by atoms with van der Waals surface area (Å²) in [6, 6.07) is 13.8. The SMILES string of the molecule is O=C(/C=C/c1cccc([N+](=O)[O-])c1)NCCSCc1ccc(Cl)cc1. The molecule has 0 aromatic heterocycles. The molecule has 0 radical (unpaired) electrons. The molecule has 0 unspecified atom stereocenters. The number of nitrogens with zero attached hydrogens (tertiary/aromatic N) is 1. The van der Waals surface area contributed by atoms with Gasteiger partial charge in [0.05, 0.1) is 4.92 Å². The summed E-state index contributed by atoms with van der Waals surface area (Å²) >= 11 is 7.55. The largest absolute Gasteiger partial charge is 0.352 e. The Labute approximate surface area is 155 Å². The lowest BCUT2D eigenvalue weighted by Crippen LogP contribution is -2.23. The number of carbonyl (C=O) groups excluding carboxylic acids is 1. The molecule has 0 spiro atoms. The number of benzene rings is 2. The summed E-state index contributed by atoms with van der Waals surface area (Å²) in [5.74, 6) is 1.42. The Morgan fingerprint density at radius 3 is 2.72 bits per heavy atom. The van der Waals surface area contributed by atoms with Gasteiger partial charge in [0.15, 0.2) is 0 Å². The minimum atomic E-state index is -0.463. The molecule has 7 heteroatoms. The summed E-state index contributed by atoms with van der Waals surface area (Å²) in [6.45, 7) is 0.552. The fraction of sp³-hybridized carbons (Fsp3) is 0.167. The maximum Gasteiger partial charge on any atom is 0.270 e. The monoisotopic (exact) mass is 376 g/mol. The first kappa shape index (κ1) is 19.0. The molecule has 0 saturated carbocycles. The fourth-order valence-corrected chi connectivity index (χ4v) is 2.93. The van der Waals surface area contributed by atoms with Crippen molar-refractivity contribution in [3.63, 3.8) is 0 Å². The molecule has 1 N–H and O–H groups in total. The van der Waals surface area contributed by atoms with Crippen molar-refractivity contribution in [3.05, 3.63) is 80.9 Å². The number of carbonyl (C=O) groups is 1. The Morgan fingerprint density at radius 2 is 2.00 bits per heavy atom. The van der Waals surface area contributed by atoms with Gasteiger partial charge in [0.25, 0.3) is 5.69 Å². The van der Waals surface area contributed by atoms with Crippen LogP contribution >= 0.6 is 23.4 Å². The number of halogens is 1. The number of nitrogens with one attached hydrogen (secondary N) is 1. The summed E-state index contributed by atoms with van der Waals surface area (Å²) in [4.78, 5) is 22.0. The third-order valence-corrected chi connectivity index (χ3v) is 4.52. The second-order valence-corrected chi connectivity index (χ2v) is 6.70. The lowest BCUT2D eigenvalue weighted by molar-refractivity contribution is -0.384. The van der Waals surface area contributed by atoms with Crippen LogP contribution in [0.3, 0.4) is 0 Å². The van der Waals surface area contributed by atoms with E-state index in [9.17, 15) is 14.9 Å². The highest BCUT2D eigenvalue weighted by molar-refractivity contribution is 7.98. The Hall–Kier alpha value is -2.31. The van der Waals surface area contributed by atoms with E-state index in [-0.39, 0.29) is 11.6 Å². The Morgan fingerprint density at radius 1 is 1.24 bits per heavy atom. The predicted octanol–water partition coefficient (Wildman–Crippen LogP) is 4.31.